The van der Waals surface area contributed by atoms with E-state index in [1.165, 1.54) is 11.8 Å². The molecule has 21 heavy (non-hydrogen) atoms. The minimum Gasteiger partial charge on any atom is -0.342 e. The van der Waals surface area contributed by atoms with E-state index in [0.717, 1.165) is 4.90 Å². The Balaban J connectivity index is 1.80. The molecule has 1 fully saturated rings. The van der Waals surface area contributed by atoms with Crippen LogP contribution in [-0.2, 0) is 9.59 Å². The van der Waals surface area contributed by atoms with Crippen LogP contribution in [0.5, 0.6) is 0 Å². The highest BCUT2D eigenvalue weighted by Crippen LogP contribution is 2.27. The van der Waals surface area contributed by atoms with Crippen LogP contribution < -0.4 is 11.3 Å². The number of rotatable bonds is 4. The van der Waals surface area contributed by atoms with Gasteiger partial charge in [0.05, 0.1) is 10.8 Å². The molecule has 1 aliphatic rings. The third kappa shape index (κ3) is 4.36. The van der Waals surface area contributed by atoms with Crippen LogP contribution in [0.2, 0.25) is 5.02 Å². The molecule has 2 rings (SSSR count). The molecule has 2 amide bonds. The Morgan fingerprint density at radius 3 is 2.62 bits per heavy atom. The van der Waals surface area contributed by atoms with Gasteiger partial charge < -0.3 is 4.90 Å². The first-order valence-corrected chi connectivity index (χ1v) is 8.13. The van der Waals surface area contributed by atoms with Gasteiger partial charge in [0.25, 0.3) is 0 Å². The van der Waals surface area contributed by atoms with E-state index >= 15 is 0 Å². The molecule has 0 unspecified atom stereocenters. The summed E-state index contributed by atoms with van der Waals surface area (Å²) < 4.78 is 0. The molecule has 0 saturated carbocycles. The maximum atomic E-state index is 12.2. The van der Waals surface area contributed by atoms with E-state index in [2.05, 4.69) is 5.43 Å². The van der Waals surface area contributed by atoms with Gasteiger partial charge in [-0.25, -0.2) is 5.84 Å². The lowest BCUT2D eigenvalue weighted by Crippen LogP contribution is -2.45. The summed E-state index contributed by atoms with van der Waals surface area (Å²) >= 11 is 7.50. The van der Waals surface area contributed by atoms with Crippen LogP contribution in [0, 0.1) is 5.92 Å². The van der Waals surface area contributed by atoms with Crippen molar-refractivity contribution >= 4 is 35.2 Å². The number of piperidine rings is 1. The highest BCUT2D eigenvalue weighted by Gasteiger charge is 2.26. The number of carbonyl (C=O) groups excluding carboxylic acids is 2. The quantitative estimate of drug-likeness (QED) is 0.382. The van der Waals surface area contributed by atoms with Crippen molar-refractivity contribution in [3.05, 3.63) is 29.3 Å². The summed E-state index contributed by atoms with van der Waals surface area (Å²) in [5.74, 6) is 5.33. The van der Waals surface area contributed by atoms with Crippen molar-refractivity contribution in [2.75, 3.05) is 18.8 Å². The fourth-order valence-electron chi connectivity index (χ4n) is 2.30. The SMILES string of the molecule is NNC(=O)C1CCN(C(=O)CSc2ccccc2Cl)CC1. The van der Waals surface area contributed by atoms with Crippen molar-refractivity contribution < 1.29 is 9.59 Å². The van der Waals surface area contributed by atoms with Gasteiger partial charge in [0.2, 0.25) is 11.8 Å². The third-order valence-electron chi connectivity index (χ3n) is 3.55. The summed E-state index contributed by atoms with van der Waals surface area (Å²) in [6, 6.07) is 7.47. The van der Waals surface area contributed by atoms with E-state index in [4.69, 9.17) is 17.4 Å². The van der Waals surface area contributed by atoms with E-state index < -0.39 is 0 Å². The van der Waals surface area contributed by atoms with Gasteiger partial charge in [-0.3, -0.25) is 15.0 Å². The van der Waals surface area contributed by atoms with E-state index in [1.807, 2.05) is 24.3 Å². The Bertz CT molecular complexity index is 519. The number of carbonyl (C=O) groups is 2. The zero-order valence-electron chi connectivity index (χ0n) is 11.5. The minimum atomic E-state index is -0.146. The van der Waals surface area contributed by atoms with Gasteiger partial charge in [-0.15, -0.1) is 11.8 Å². The Hall–Kier alpha value is -1.24. The number of hydrazine groups is 1. The number of halogens is 1. The number of benzene rings is 1. The molecule has 0 bridgehead atoms. The number of likely N-dealkylation sites (tertiary alicyclic amines) is 1. The maximum Gasteiger partial charge on any atom is 0.237 e. The predicted octanol–water partition coefficient (Wildman–Crippen LogP) is 1.66. The molecular formula is C14H18ClN3O2S. The van der Waals surface area contributed by atoms with Gasteiger partial charge in [-0.05, 0) is 25.0 Å². The Morgan fingerprint density at radius 1 is 1.33 bits per heavy atom. The highest BCUT2D eigenvalue weighted by molar-refractivity contribution is 8.00. The van der Waals surface area contributed by atoms with Crippen molar-refractivity contribution in [1.29, 1.82) is 0 Å². The molecular weight excluding hydrogens is 310 g/mol. The molecule has 1 saturated heterocycles. The third-order valence-corrected chi connectivity index (χ3v) is 5.05. The summed E-state index contributed by atoms with van der Waals surface area (Å²) in [4.78, 5) is 26.3. The second-order valence-corrected chi connectivity index (χ2v) is 6.31. The Morgan fingerprint density at radius 2 is 2.00 bits per heavy atom. The largest absolute Gasteiger partial charge is 0.342 e. The lowest BCUT2D eigenvalue weighted by molar-refractivity contribution is -0.133. The van der Waals surface area contributed by atoms with E-state index in [9.17, 15) is 9.59 Å². The first kappa shape index (κ1) is 16.1. The molecule has 5 nitrogen and oxygen atoms in total. The molecule has 7 heteroatoms. The normalized spacial score (nSPS) is 15.8. The fraction of sp³-hybridized carbons (Fsp3) is 0.429. The molecule has 0 atom stereocenters. The topological polar surface area (TPSA) is 75.4 Å². The molecule has 0 aromatic heterocycles. The zero-order chi connectivity index (χ0) is 15.2. The monoisotopic (exact) mass is 327 g/mol. The second kappa shape index (κ2) is 7.68. The number of hydrogen-bond donors (Lipinski definition) is 2. The number of amides is 2. The van der Waals surface area contributed by atoms with Crippen molar-refractivity contribution in [1.82, 2.24) is 10.3 Å². The van der Waals surface area contributed by atoms with Crippen LogP contribution in [0.15, 0.2) is 29.2 Å². The van der Waals surface area contributed by atoms with E-state index in [0.29, 0.717) is 36.7 Å². The van der Waals surface area contributed by atoms with Gasteiger partial charge in [-0.2, -0.15) is 0 Å². The van der Waals surface area contributed by atoms with Crippen molar-refractivity contribution in [3.63, 3.8) is 0 Å². The van der Waals surface area contributed by atoms with Crippen LogP contribution >= 0.6 is 23.4 Å². The first-order chi connectivity index (χ1) is 10.1. The predicted molar refractivity (Wildman–Crippen MR) is 83.8 cm³/mol. The van der Waals surface area contributed by atoms with Gasteiger partial charge >= 0.3 is 0 Å². The lowest BCUT2D eigenvalue weighted by atomic mass is 9.96. The molecule has 1 heterocycles. The molecule has 0 aliphatic carbocycles. The average molecular weight is 328 g/mol. The summed E-state index contributed by atoms with van der Waals surface area (Å²) in [6.45, 7) is 1.19. The number of nitrogens with one attached hydrogen (secondary N) is 1. The minimum absolute atomic E-state index is 0.0755. The fourth-order valence-corrected chi connectivity index (χ4v) is 3.44. The van der Waals surface area contributed by atoms with Crippen molar-refractivity contribution in [2.45, 2.75) is 17.7 Å². The summed E-state index contributed by atoms with van der Waals surface area (Å²) in [6.07, 6.45) is 1.32. The Labute approximate surface area is 133 Å². The van der Waals surface area contributed by atoms with E-state index in [-0.39, 0.29) is 17.7 Å². The van der Waals surface area contributed by atoms with Gasteiger partial charge in [0, 0.05) is 23.9 Å². The zero-order valence-corrected chi connectivity index (χ0v) is 13.1. The van der Waals surface area contributed by atoms with Crippen molar-refractivity contribution in [2.24, 2.45) is 11.8 Å². The van der Waals surface area contributed by atoms with Gasteiger partial charge in [0.15, 0.2) is 0 Å². The van der Waals surface area contributed by atoms with Crippen LogP contribution in [-0.4, -0.2) is 35.6 Å². The van der Waals surface area contributed by atoms with Crippen LogP contribution in [0.4, 0.5) is 0 Å². The second-order valence-electron chi connectivity index (χ2n) is 4.88. The number of nitrogens with two attached hydrogens (primary N) is 1. The van der Waals surface area contributed by atoms with Gasteiger partial charge in [0.1, 0.15) is 0 Å². The summed E-state index contributed by atoms with van der Waals surface area (Å²) in [5.41, 5.74) is 2.17. The highest BCUT2D eigenvalue weighted by atomic mass is 35.5. The van der Waals surface area contributed by atoms with Crippen LogP contribution in [0.25, 0.3) is 0 Å². The van der Waals surface area contributed by atoms with Crippen LogP contribution in [0.1, 0.15) is 12.8 Å². The molecule has 0 spiro atoms. The number of nitrogens with zero attached hydrogens (tertiary/aromatic N) is 1. The number of thioether (sulfide) groups is 1. The molecule has 1 aromatic rings. The van der Waals surface area contributed by atoms with Crippen LogP contribution in [0.3, 0.4) is 0 Å². The maximum absolute atomic E-state index is 12.2. The first-order valence-electron chi connectivity index (χ1n) is 6.77. The van der Waals surface area contributed by atoms with Crippen molar-refractivity contribution in [3.8, 4) is 0 Å². The average Bonchev–Trinajstić information content (AvgIpc) is 2.53. The smallest absolute Gasteiger partial charge is 0.237 e. The lowest BCUT2D eigenvalue weighted by Gasteiger charge is -2.31. The molecule has 3 N–H and O–H groups in total. The molecule has 1 aliphatic heterocycles. The van der Waals surface area contributed by atoms with E-state index in [1.54, 1.807) is 4.90 Å². The number of hydrogen-bond acceptors (Lipinski definition) is 4. The summed E-state index contributed by atoms with van der Waals surface area (Å²) in [5, 5.41) is 0.661. The van der Waals surface area contributed by atoms with Gasteiger partial charge in [-0.1, -0.05) is 23.7 Å². The molecule has 1 aromatic carbocycles. The molecule has 0 radical (unpaired) electrons. The standard InChI is InChI=1S/C14H18ClN3O2S/c15-11-3-1-2-4-12(11)21-9-13(19)18-7-5-10(6-8-18)14(20)17-16/h1-4,10H,5-9,16H2,(H,17,20). The summed E-state index contributed by atoms with van der Waals surface area (Å²) in [7, 11) is 0. The Kier molecular flexibility index (Phi) is 5.90. The molecule has 114 valence electrons.